The first kappa shape index (κ1) is 20.3. The van der Waals surface area contributed by atoms with E-state index in [-0.39, 0.29) is 5.92 Å². The third-order valence-electron chi connectivity index (χ3n) is 6.10. The Morgan fingerprint density at radius 3 is 1.27 bits per heavy atom. The fraction of sp³-hybridized carbons (Fsp3) is 0.185. The Balaban J connectivity index is 2.09. The Hall–Kier alpha value is -2.98. The third kappa shape index (κ3) is 3.52. The van der Waals surface area contributed by atoms with Crippen LogP contribution in [0.5, 0.6) is 0 Å². The minimum atomic E-state index is -0.412. The van der Waals surface area contributed by atoms with Crippen molar-refractivity contribution in [3.05, 3.63) is 130 Å². The van der Waals surface area contributed by atoms with Crippen molar-refractivity contribution in [2.45, 2.75) is 25.0 Å². The number of rotatable bonds is 7. The lowest BCUT2D eigenvalue weighted by atomic mass is 9.61. The van der Waals surface area contributed by atoms with Crippen molar-refractivity contribution >= 4 is 0 Å². The van der Waals surface area contributed by atoms with Gasteiger partial charge in [0.15, 0.2) is 0 Å². The van der Waals surface area contributed by atoms with E-state index in [1.807, 2.05) is 0 Å². The minimum Gasteiger partial charge on any atom is -0.326 e. The third-order valence-corrected chi connectivity index (χ3v) is 6.10. The van der Waals surface area contributed by atoms with Crippen molar-refractivity contribution in [1.29, 1.82) is 0 Å². The molecule has 0 atom stereocenters. The molecule has 3 nitrogen and oxygen atoms in total. The highest BCUT2D eigenvalue weighted by atomic mass is 14.5. The molecule has 152 valence electrons. The monoisotopic (exact) mass is 395 g/mol. The molecule has 3 aromatic rings. The van der Waals surface area contributed by atoms with E-state index >= 15 is 0 Å². The van der Waals surface area contributed by atoms with Crippen molar-refractivity contribution < 1.29 is 0 Å². The van der Waals surface area contributed by atoms with Gasteiger partial charge in [-0.3, -0.25) is 0 Å². The van der Waals surface area contributed by atoms with E-state index < -0.39 is 5.41 Å². The van der Waals surface area contributed by atoms with Crippen LogP contribution in [0.3, 0.4) is 0 Å². The van der Waals surface area contributed by atoms with Crippen molar-refractivity contribution in [1.82, 2.24) is 0 Å². The maximum Gasteiger partial charge on any atom is 0.0548 e. The largest absolute Gasteiger partial charge is 0.326 e. The molecule has 3 heteroatoms. The Labute approximate surface area is 178 Å². The molecule has 0 radical (unpaired) electrons. The van der Waals surface area contributed by atoms with E-state index in [0.29, 0.717) is 19.6 Å². The molecule has 1 aliphatic carbocycles. The molecule has 0 fully saturated rings. The van der Waals surface area contributed by atoms with Gasteiger partial charge in [0.1, 0.15) is 0 Å². The van der Waals surface area contributed by atoms with Gasteiger partial charge in [-0.25, -0.2) is 0 Å². The van der Waals surface area contributed by atoms with Crippen LogP contribution in [0.2, 0.25) is 0 Å². The molecule has 0 aromatic heterocycles. The highest BCUT2D eigenvalue weighted by Crippen LogP contribution is 2.48. The summed E-state index contributed by atoms with van der Waals surface area (Å²) >= 11 is 0. The van der Waals surface area contributed by atoms with Gasteiger partial charge in [-0.2, -0.15) is 0 Å². The number of allylic oxidation sites excluding steroid dienone is 4. The molecule has 0 spiro atoms. The van der Waals surface area contributed by atoms with E-state index in [2.05, 4.69) is 97.1 Å². The van der Waals surface area contributed by atoms with Gasteiger partial charge in [0, 0.05) is 25.6 Å². The summed E-state index contributed by atoms with van der Waals surface area (Å²) in [6.07, 6.45) is 8.82. The molecule has 0 saturated heterocycles. The van der Waals surface area contributed by atoms with Gasteiger partial charge in [-0.15, -0.1) is 0 Å². The first-order valence-electron chi connectivity index (χ1n) is 10.5. The highest BCUT2D eigenvalue weighted by molar-refractivity contribution is 5.56. The summed E-state index contributed by atoms with van der Waals surface area (Å²) in [6.45, 7) is 1.52. The van der Waals surface area contributed by atoms with E-state index in [0.717, 1.165) is 16.7 Å². The van der Waals surface area contributed by atoms with E-state index in [1.54, 1.807) is 0 Å². The number of hydrogen-bond acceptors (Lipinski definition) is 3. The van der Waals surface area contributed by atoms with Crippen LogP contribution < -0.4 is 17.2 Å². The van der Waals surface area contributed by atoms with Gasteiger partial charge < -0.3 is 17.2 Å². The molecule has 0 unspecified atom stereocenters. The molecule has 4 rings (SSSR count). The lowest BCUT2D eigenvalue weighted by Crippen LogP contribution is -2.36. The fourth-order valence-corrected chi connectivity index (χ4v) is 4.63. The van der Waals surface area contributed by atoms with Crippen LogP contribution in [0.1, 0.15) is 33.4 Å². The van der Waals surface area contributed by atoms with Crippen LogP contribution in [0.4, 0.5) is 0 Å². The zero-order valence-electron chi connectivity index (χ0n) is 17.2. The molecular weight excluding hydrogens is 366 g/mol. The van der Waals surface area contributed by atoms with Gasteiger partial charge in [0.2, 0.25) is 0 Å². The topological polar surface area (TPSA) is 78.1 Å². The molecule has 3 aromatic carbocycles. The van der Waals surface area contributed by atoms with Crippen molar-refractivity contribution in [3.63, 3.8) is 0 Å². The number of hydrogen-bond donors (Lipinski definition) is 3. The zero-order chi connectivity index (χ0) is 21.0. The van der Waals surface area contributed by atoms with Gasteiger partial charge in [-0.1, -0.05) is 97.1 Å². The second-order valence-electron chi connectivity index (χ2n) is 7.82. The summed E-state index contributed by atoms with van der Waals surface area (Å²) < 4.78 is 0. The summed E-state index contributed by atoms with van der Waals surface area (Å²) in [7, 11) is 0. The standard InChI is InChI=1S/C27H29N3/c28-17-20-6-3-11-24(14-20)27(23-9-1-2-10-23,25-12-4-7-21(15-25)18-29)26-13-5-8-22(16-26)19-30/h1-16,23H,17-19,28-30H2. The molecule has 6 N–H and O–H groups in total. The molecular formula is C27H29N3. The van der Waals surface area contributed by atoms with Crippen molar-refractivity contribution in [2.24, 2.45) is 23.1 Å². The minimum absolute atomic E-state index is 0.159. The maximum absolute atomic E-state index is 6.02. The summed E-state index contributed by atoms with van der Waals surface area (Å²) in [6, 6.07) is 25.9. The smallest absolute Gasteiger partial charge is 0.0548 e. The summed E-state index contributed by atoms with van der Waals surface area (Å²) in [5.74, 6) is 0.159. The lowest BCUT2D eigenvalue weighted by Gasteiger charge is -2.40. The molecule has 1 aliphatic rings. The van der Waals surface area contributed by atoms with Gasteiger partial charge in [-0.05, 0) is 33.4 Å². The predicted molar refractivity (Wildman–Crippen MR) is 125 cm³/mol. The summed E-state index contributed by atoms with van der Waals surface area (Å²) in [5, 5.41) is 0. The first-order valence-corrected chi connectivity index (χ1v) is 10.5. The van der Waals surface area contributed by atoms with Crippen LogP contribution >= 0.6 is 0 Å². The van der Waals surface area contributed by atoms with E-state index in [1.165, 1.54) is 16.7 Å². The Bertz CT molecular complexity index is 953. The van der Waals surface area contributed by atoms with E-state index in [9.17, 15) is 0 Å². The fourth-order valence-electron chi connectivity index (χ4n) is 4.63. The number of benzene rings is 3. The van der Waals surface area contributed by atoms with Gasteiger partial charge in [0.25, 0.3) is 0 Å². The molecule has 0 aliphatic heterocycles. The molecule has 0 heterocycles. The number of nitrogens with two attached hydrogens (primary N) is 3. The predicted octanol–water partition coefficient (Wildman–Crippen LogP) is 4.14. The van der Waals surface area contributed by atoms with Gasteiger partial charge in [0.05, 0.1) is 5.41 Å². The Morgan fingerprint density at radius 1 is 0.567 bits per heavy atom. The summed E-state index contributed by atoms with van der Waals surface area (Å²) in [4.78, 5) is 0. The second kappa shape index (κ2) is 8.80. The van der Waals surface area contributed by atoms with Crippen LogP contribution in [0, 0.1) is 5.92 Å². The van der Waals surface area contributed by atoms with E-state index in [4.69, 9.17) is 17.2 Å². The van der Waals surface area contributed by atoms with Crippen LogP contribution in [-0.2, 0) is 25.0 Å². The van der Waals surface area contributed by atoms with Crippen molar-refractivity contribution in [3.8, 4) is 0 Å². The molecule has 0 amide bonds. The first-order chi connectivity index (χ1) is 14.7. The van der Waals surface area contributed by atoms with Crippen LogP contribution in [-0.4, -0.2) is 0 Å². The van der Waals surface area contributed by atoms with Gasteiger partial charge >= 0.3 is 0 Å². The average molecular weight is 396 g/mol. The molecule has 0 bridgehead atoms. The Kier molecular flexibility index (Phi) is 5.96. The average Bonchev–Trinajstić information content (AvgIpc) is 3.35. The zero-order valence-corrected chi connectivity index (χ0v) is 17.2. The maximum atomic E-state index is 6.02. The van der Waals surface area contributed by atoms with Crippen molar-refractivity contribution in [2.75, 3.05) is 0 Å². The highest BCUT2D eigenvalue weighted by Gasteiger charge is 2.42. The van der Waals surface area contributed by atoms with Crippen LogP contribution in [0.25, 0.3) is 0 Å². The molecule has 0 saturated carbocycles. The normalized spacial score (nSPS) is 13.8. The quantitative estimate of drug-likeness (QED) is 0.526. The molecule has 30 heavy (non-hydrogen) atoms. The SMILES string of the molecule is NCc1cccc(C(c2cccc(CN)c2)(c2cccc(CN)c2)C2C=CC=C2)c1. The lowest BCUT2D eigenvalue weighted by molar-refractivity contribution is 0.526. The van der Waals surface area contributed by atoms with Crippen LogP contribution in [0.15, 0.2) is 97.1 Å². The second-order valence-corrected chi connectivity index (χ2v) is 7.82. The Morgan fingerprint density at radius 2 is 0.933 bits per heavy atom. The summed E-state index contributed by atoms with van der Waals surface area (Å²) in [5.41, 5.74) is 24.7.